The van der Waals surface area contributed by atoms with Crippen molar-refractivity contribution in [2.75, 3.05) is 23.3 Å². The van der Waals surface area contributed by atoms with E-state index in [2.05, 4.69) is 52.5 Å². The van der Waals surface area contributed by atoms with Crippen LogP contribution >= 0.6 is 0 Å². The van der Waals surface area contributed by atoms with Crippen LogP contribution in [-0.2, 0) is 6.54 Å². The number of hydrogen-bond acceptors (Lipinski definition) is 3. The molecule has 1 aliphatic rings. The molecular formula is C17H24N4. The van der Waals surface area contributed by atoms with Crippen molar-refractivity contribution in [3.05, 3.63) is 40.7 Å². The number of nitrogens with zero attached hydrogens (tertiary/aromatic N) is 2. The molecule has 0 radical (unpaired) electrons. The Kier molecular flexibility index (Phi) is 3.86. The fourth-order valence-electron chi connectivity index (χ4n) is 3.04. The molecule has 21 heavy (non-hydrogen) atoms. The molecule has 112 valence electrons. The molecule has 1 saturated heterocycles. The van der Waals surface area contributed by atoms with Gasteiger partial charge in [0.25, 0.3) is 0 Å². The van der Waals surface area contributed by atoms with Crippen molar-refractivity contribution in [1.29, 1.82) is 0 Å². The zero-order valence-corrected chi connectivity index (χ0v) is 13.2. The zero-order chi connectivity index (χ0) is 14.8. The van der Waals surface area contributed by atoms with Crippen molar-refractivity contribution in [2.24, 2.45) is 0 Å². The number of rotatable bonds is 4. The lowest BCUT2D eigenvalue weighted by Crippen LogP contribution is -2.17. The Labute approximate surface area is 126 Å². The maximum absolute atomic E-state index is 4.25. The number of aromatic amines is 1. The van der Waals surface area contributed by atoms with Gasteiger partial charge in [0.2, 0.25) is 0 Å². The number of hydrogen-bond donors (Lipinski definition) is 2. The predicted octanol–water partition coefficient (Wildman–Crippen LogP) is 3.55. The largest absolute Gasteiger partial charge is 0.381 e. The van der Waals surface area contributed by atoms with Crippen molar-refractivity contribution in [1.82, 2.24) is 10.2 Å². The fourth-order valence-corrected chi connectivity index (χ4v) is 3.04. The highest BCUT2D eigenvalue weighted by Gasteiger charge is 2.13. The molecule has 3 rings (SSSR count). The molecule has 2 N–H and O–H groups in total. The first-order valence-electron chi connectivity index (χ1n) is 7.75. The molecule has 1 fully saturated rings. The van der Waals surface area contributed by atoms with E-state index in [1.165, 1.54) is 48.4 Å². The highest BCUT2D eigenvalue weighted by Crippen LogP contribution is 2.26. The average molecular weight is 284 g/mol. The van der Waals surface area contributed by atoms with E-state index in [-0.39, 0.29) is 0 Å². The van der Waals surface area contributed by atoms with Crippen molar-refractivity contribution in [2.45, 2.75) is 40.2 Å². The van der Waals surface area contributed by atoms with Crippen LogP contribution in [0.2, 0.25) is 0 Å². The molecule has 0 atom stereocenters. The Morgan fingerprint density at radius 1 is 1.19 bits per heavy atom. The smallest absolute Gasteiger partial charge is 0.0643 e. The van der Waals surface area contributed by atoms with Crippen LogP contribution in [0.15, 0.2) is 18.2 Å². The molecule has 1 aromatic heterocycles. The molecule has 0 aliphatic carbocycles. The van der Waals surface area contributed by atoms with Gasteiger partial charge in [0.15, 0.2) is 0 Å². The van der Waals surface area contributed by atoms with Crippen LogP contribution in [0, 0.1) is 20.8 Å². The number of anilines is 2. The fraction of sp³-hybridized carbons (Fsp3) is 0.471. The summed E-state index contributed by atoms with van der Waals surface area (Å²) in [6.45, 7) is 9.50. The van der Waals surface area contributed by atoms with Crippen LogP contribution in [0.3, 0.4) is 0 Å². The topological polar surface area (TPSA) is 44.0 Å². The number of nitrogens with one attached hydrogen (secondary N) is 2. The molecule has 0 saturated carbocycles. The molecule has 0 amide bonds. The lowest BCUT2D eigenvalue weighted by atomic mass is 10.1. The maximum Gasteiger partial charge on any atom is 0.0643 e. The van der Waals surface area contributed by atoms with Crippen molar-refractivity contribution in [3.63, 3.8) is 0 Å². The minimum atomic E-state index is 0.818. The molecule has 0 unspecified atom stereocenters. The first-order chi connectivity index (χ1) is 10.1. The summed E-state index contributed by atoms with van der Waals surface area (Å²) >= 11 is 0. The van der Waals surface area contributed by atoms with E-state index in [0.717, 1.165) is 17.9 Å². The predicted molar refractivity (Wildman–Crippen MR) is 88.0 cm³/mol. The Balaban J connectivity index is 1.71. The summed E-state index contributed by atoms with van der Waals surface area (Å²) in [5, 5.41) is 10.8. The third-order valence-corrected chi connectivity index (χ3v) is 4.42. The van der Waals surface area contributed by atoms with E-state index >= 15 is 0 Å². The van der Waals surface area contributed by atoms with E-state index in [4.69, 9.17) is 0 Å². The number of aryl methyl sites for hydroxylation is 3. The zero-order valence-electron chi connectivity index (χ0n) is 13.2. The average Bonchev–Trinajstić information content (AvgIpc) is 3.10. The van der Waals surface area contributed by atoms with Crippen LogP contribution < -0.4 is 10.2 Å². The van der Waals surface area contributed by atoms with Gasteiger partial charge >= 0.3 is 0 Å². The second kappa shape index (κ2) is 5.80. The number of H-pyrrole nitrogens is 1. The Bertz CT molecular complexity index is 604. The number of aromatic nitrogens is 2. The molecule has 0 bridgehead atoms. The van der Waals surface area contributed by atoms with Gasteiger partial charge in [-0.05, 0) is 57.4 Å². The standard InChI is InChI=1S/C17H24N4/c1-12-10-15(21-8-4-5-9-21)6-7-17(12)18-11-16-13(2)19-20-14(16)3/h6-7,10,18H,4-5,8-9,11H2,1-3H3,(H,19,20). The third-order valence-electron chi connectivity index (χ3n) is 4.42. The molecule has 1 aromatic carbocycles. The minimum Gasteiger partial charge on any atom is -0.381 e. The summed E-state index contributed by atoms with van der Waals surface area (Å²) in [4.78, 5) is 2.47. The van der Waals surface area contributed by atoms with E-state index in [1.54, 1.807) is 0 Å². The highest BCUT2D eigenvalue weighted by molar-refractivity contribution is 5.60. The van der Waals surface area contributed by atoms with Crippen LogP contribution in [-0.4, -0.2) is 23.3 Å². The first-order valence-corrected chi connectivity index (χ1v) is 7.75. The Hall–Kier alpha value is -1.97. The minimum absolute atomic E-state index is 0.818. The van der Waals surface area contributed by atoms with Crippen molar-refractivity contribution < 1.29 is 0 Å². The van der Waals surface area contributed by atoms with Gasteiger partial charge in [0.05, 0.1) is 5.69 Å². The molecule has 2 aromatic rings. The van der Waals surface area contributed by atoms with Gasteiger partial charge in [-0.15, -0.1) is 0 Å². The molecular weight excluding hydrogens is 260 g/mol. The van der Waals surface area contributed by atoms with Crippen LogP contribution in [0.4, 0.5) is 11.4 Å². The summed E-state index contributed by atoms with van der Waals surface area (Å²) in [5.74, 6) is 0. The lowest BCUT2D eigenvalue weighted by molar-refractivity contribution is 0.949. The van der Waals surface area contributed by atoms with Gasteiger partial charge in [-0.2, -0.15) is 5.10 Å². The van der Waals surface area contributed by atoms with Crippen molar-refractivity contribution in [3.8, 4) is 0 Å². The van der Waals surface area contributed by atoms with Gasteiger partial charge in [0.1, 0.15) is 0 Å². The monoisotopic (exact) mass is 284 g/mol. The van der Waals surface area contributed by atoms with Gasteiger partial charge in [-0.25, -0.2) is 0 Å². The molecule has 0 spiro atoms. The summed E-state index contributed by atoms with van der Waals surface area (Å²) < 4.78 is 0. The quantitative estimate of drug-likeness (QED) is 0.902. The molecule has 1 aliphatic heterocycles. The van der Waals surface area contributed by atoms with E-state index in [0.29, 0.717) is 0 Å². The van der Waals surface area contributed by atoms with Gasteiger partial charge in [0, 0.05) is 42.3 Å². The normalized spacial score (nSPS) is 14.7. The molecule has 2 heterocycles. The molecule has 4 heteroatoms. The van der Waals surface area contributed by atoms with Gasteiger partial charge in [-0.3, -0.25) is 5.10 Å². The maximum atomic E-state index is 4.25. The second-order valence-electron chi connectivity index (χ2n) is 5.96. The number of benzene rings is 1. The van der Waals surface area contributed by atoms with E-state index < -0.39 is 0 Å². The second-order valence-corrected chi connectivity index (χ2v) is 5.96. The Morgan fingerprint density at radius 2 is 1.95 bits per heavy atom. The van der Waals surface area contributed by atoms with E-state index in [9.17, 15) is 0 Å². The van der Waals surface area contributed by atoms with Crippen LogP contribution in [0.5, 0.6) is 0 Å². The van der Waals surface area contributed by atoms with Crippen LogP contribution in [0.25, 0.3) is 0 Å². The van der Waals surface area contributed by atoms with Gasteiger partial charge < -0.3 is 10.2 Å². The lowest BCUT2D eigenvalue weighted by Gasteiger charge is -2.19. The first kappa shape index (κ1) is 14.0. The SMILES string of the molecule is Cc1cc(N2CCCC2)ccc1NCc1c(C)n[nH]c1C. The summed E-state index contributed by atoms with van der Waals surface area (Å²) in [6.07, 6.45) is 2.64. The summed E-state index contributed by atoms with van der Waals surface area (Å²) in [5.41, 5.74) is 7.35. The Morgan fingerprint density at radius 3 is 2.57 bits per heavy atom. The third kappa shape index (κ3) is 2.89. The summed E-state index contributed by atoms with van der Waals surface area (Å²) in [6, 6.07) is 6.73. The van der Waals surface area contributed by atoms with E-state index in [1.807, 2.05) is 6.92 Å². The van der Waals surface area contributed by atoms with Gasteiger partial charge in [-0.1, -0.05) is 0 Å². The summed E-state index contributed by atoms with van der Waals surface area (Å²) in [7, 11) is 0. The van der Waals surface area contributed by atoms with Crippen LogP contribution in [0.1, 0.15) is 35.4 Å². The van der Waals surface area contributed by atoms with Crippen molar-refractivity contribution >= 4 is 11.4 Å². The molecule has 4 nitrogen and oxygen atoms in total. The highest BCUT2D eigenvalue weighted by atomic mass is 15.1.